The predicted octanol–water partition coefficient (Wildman–Crippen LogP) is 7.23. The fraction of sp³-hybridized carbons (Fsp3) is 0.611. The number of rotatable bonds is 20. The van der Waals surface area contributed by atoms with E-state index in [-0.39, 0.29) is 31.3 Å². The maximum Gasteiger partial charge on any atom is 0.309 e. The number of ether oxygens (including phenoxy) is 4. The van der Waals surface area contributed by atoms with Crippen molar-refractivity contribution in [2.75, 3.05) is 33.5 Å². The lowest BCUT2D eigenvalue weighted by atomic mass is 9.72. The molecule has 1 fully saturated rings. The van der Waals surface area contributed by atoms with Crippen molar-refractivity contribution >= 4 is 22.1 Å². The predicted molar refractivity (Wildman–Crippen MR) is 176 cm³/mol. The van der Waals surface area contributed by atoms with Crippen molar-refractivity contribution in [3.63, 3.8) is 0 Å². The summed E-state index contributed by atoms with van der Waals surface area (Å²) in [6.45, 7) is 7.27. The van der Waals surface area contributed by atoms with E-state index in [4.69, 9.17) is 18.9 Å². The van der Waals surface area contributed by atoms with Crippen molar-refractivity contribution in [2.45, 2.75) is 83.5 Å². The molecule has 2 aromatic carbocycles. The van der Waals surface area contributed by atoms with Gasteiger partial charge in [0.25, 0.3) is 10.1 Å². The highest BCUT2D eigenvalue weighted by Crippen LogP contribution is 2.38. The van der Waals surface area contributed by atoms with Gasteiger partial charge in [-0.3, -0.25) is 13.8 Å². The molecule has 2 aromatic rings. The Morgan fingerprint density at radius 2 is 1.33 bits per heavy atom. The summed E-state index contributed by atoms with van der Waals surface area (Å²) in [6.07, 6.45) is 9.15. The Labute approximate surface area is 275 Å². The molecule has 1 aliphatic rings. The number of benzene rings is 2. The minimum absolute atomic E-state index is 0.00129. The van der Waals surface area contributed by atoms with Crippen LogP contribution >= 0.6 is 0 Å². The lowest BCUT2D eigenvalue weighted by Gasteiger charge is -2.33. The second kappa shape index (κ2) is 19.5. The average molecular weight is 661 g/mol. The van der Waals surface area contributed by atoms with Gasteiger partial charge >= 0.3 is 11.9 Å². The molecule has 0 saturated heterocycles. The normalized spacial score (nSPS) is 18.9. The molecule has 0 aromatic heterocycles. The van der Waals surface area contributed by atoms with Crippen LogP contribution in [0.25, 0.3) is 0 Å². The third-order valence-electron chi connectivity index (χ3n) is 8.62. The van der Waals surface area contributed by atoms with E-state index < -0.39 is 33.9 Å². The molecule has 0 aliphatic heterocycles. The van der Waals surface area contributed by atoms with Crippen molar-refractivity contribution < 1.29 is 41.1 Å². The summed E-state index contributed by atoms with van der Waals surface area (Å²) in [5.74, 6) is 0.956. The molecule has 10 heteroatoms. The second-order valence-corrected chi connectivity index (χ2v) is 14.4. The van der Waals surface area contributed by atoms with Crippen LogP contribution in [0.1, 0.15) is 78.6 Å². The van der Waals surface area contributed by atoms with Gasteiger partial charge in [0, 0.05) is 0 Å². The van der Waals surface area contributed by atoms with Gasteiger partial charge in [-0.1, -0.05) is 77.5 Å². The number of carbonyl (C=O) groups is 2. The van der Waals surface area contributed by atoms with E-state index in [1.165, 1.54) is 49.9 Å². The first-order valence-electron chi connectivity index (χ1n) is 16.6. The van der Waals surface area contributed by atoms with E-state index in [1.54, 1.807) is 0 Å². The van der Waals surface area contributed by atoms with Gasteiger partial charge in [0.15, 0.2) is 0 Å². The largest absolute Gasteiger partial charge is 0.490 e. The number of hydrogen-bond acceptors (Lipinski definition) is 9. The smallest absolute Gasteiger partial charge is 0.309 e. The van der Waals surface area contributed by atoms with Gasteiger partial charge in [0.2, 0.25) is 0 Å². The maximum atomic E-state index is 13.3. The zero-order valence-electron chi connectivity index (χ0n) is 27.9. The van der Waals surface area contributed by atoms with E-state index in [0.717, 1.165) is 32.3 Å². The number of hydrogen-bond donors (Lipinski definition) is 0. The van der Waals surface area contributed by atoms with Crippen LogP contribution in [-0.2, 0) is 33.4 Å². The van der Waals surface area contributed by atoms with Crippen molar-refractivity contribution in [1.82, 2.24) is 0 Å². The molecule has 256 valence electrons. The summed E-state index contributed by atoms with van der Waals surface area (Å²) in [7, 11) is -2.69. The minimum atomic E-state index is -3.79. The highest BCUT2D eigenvalue weighted by Gasteiger charge is 2.41. The summed E-state index contributed by atoms with van der Waals surface area (Å²) >= 11 is 0. The van der Waals surface area contributed by atoms with Crippen molar-refractivity contribution in [2.24, 2.45) is 29.6 Å². The number of para-hydroxylation sites is 1. The summed E-state index contributed by atoms with van der Waals surface area (Å²) < 4.78 is 50.6. The van der Waals surface area contributed by atoms with Crippen LogP contribution in [0.2, 0.25) is 0 Å². The van der Waals surface area contributed by atoms with Gasteiger partial charge in [-0.15, -0.1) is 0 Å². The third kappa shape index (κ3) is 12.9. The molecule has 4 atom stereocenters. The van der Waals surface area contributed by atoms with Crippen LogP contribution < -0.4 is 9.47 Å². The molecule has 0 heterocycles. The van der Waals surface area contributed by atoms with Gasteiger partial charge in [-0.25, -0.2) is 0 Å². The molecule has 0 amide bonds. The average Bonchev–Trinajstić information content (AvgIpc) is 3.05. The summed E-state index contributed by atoms with van der Waals surface area (Å²) in [6, 6.07) is 15.1. The fourth-order valence-electron chi connectivity index (χ4n) is 5.97. The lowest BCUT2D eigenvalue weighted by Crippen LogP contribution is -2.38. The van der Waals surface area contributed by atoms with Crippen LogP contribution in [-0.4, -0.2) is 53.9 Å². The highest BCUT2D eigenvalue weighted by molar-refractivity contribution is 7.86. The second-order valence-electron chi connectivity index (χ2n) is 12.7. The molecule has 0 N–H and O–H groups in total. The van der Waals surface area contributed by atoms with E-state index in [1.807, 2.05) is 30.3 Å². The van der Waals surface area contributed by atoms with Gasteiger partial charge in [0.05, 0.1) is 23.8 Å². The van der Waals surface area contributed by atoms with E-state index in [9.17, 15) is 18.0 Å². The van der Waals surface area contributed by atoms with E-state index in [2.05, 4.69) is 25.0 Å². The standard InChI is InChI=1S/C36H52O9S/c1-27(2)10-8-11-28(3)12-9-13-29-16-21-33(35(37)44-24-22-42-30-14-6-5-7-15-30)34(26-29)36(38)45-25-23-43-31-17-19-32(20-18-31)46(39,40)41-4/h5-7,14-15,17-20,27-29,33-34H,8-13,16,21-26H2,1-4H3. The first-order valence-corrected chi connectivity index (χ1v) is 18.0. The molecule has 1 saturated carbocycles. The van der Waals surface area contributed by atoms with Crippen LogP contribution in [0, 0.1) is 29.6 Å². The van der Waals surface area contributed by atoms with Gasteiger partial charge in [-0.05, 0) is 73.4 Å². The van der Waals surface area contributed by atoms with Crippen LogP contribution in [0.15, 0.2) is 59.5 Å². The molecule has 46 heavy (non-hydrogen) atoms. The first-order chi connectivity index (χ1) is 22.1. The highest BCUT2D eigenvalue weighted by atomic mass is 32.2. The van der Waals surface area contributed by atoms with Crippen molar-refractivity contribution in [3.8, 4) is 11.5 Å². The summed E-state index contributed by atoms with van der Waals surface area (Å²) in [5.41, 5.74) is 0. The molecule has 3 rings (SSSR count). The van der Waals surface area contributed by atoms with Gasteiger partial charge in [0.1, 0.15) is 37.9 Å². The number of esters is 2. The topological polar surface area (TPSA) is 114 Å². The van der Waals surface area contributed by atoms with E-state index >= 15 is 0 Å². The van der Waals surface area contributed by atoms with Crippen molar-refractivity contribution in [1.29, 1.82) is 0 Å². The molecule has 4 unspecified atom stereocenters. The quantitative estimate of drug-likeness (QED) is 0.0824. The van der Waals surface area contributed by atoms with Crippen LogP contribution in [0.4, 0.5) is 0 Å². The molecule has 0 spiro atoms. The molecule has 9 nitrogen and oxygen atoms in total. The van der Waals surface area contributed by atoms with Crippen molar-refractivity contribution in [3.05, 3.63) is 54.6 Å². The Balaban J connectivity index is 1.50. The van der Waals surface area contributed by atoms with Crippen LogP contribution in [0.5, 0.6) is 11.5 Å². The molecule has 1 aliphatic carbocycles. The Hall–Kier alpha value is -3.11. The maximum absolute atomic E-state index is 13.3. The third-order valence-corrected chi connectivity index (χ3v) is 9.91. The van der Waals surface area contributed by atoms with E-state index in [0.29, 0.717) is 36.2 Å². The monoisotopic (exact) mass is 660 g/mol. The molecule has 0 radical (unpaired) electrons. The zero-order valence-corrected chi connectivity index (χ0v) is 28.7. The Bertz CT molecular complexity index is 1280. The summed E-state index contributed by atoms with van der Waals surface area (Å²) in [4.78, 5) is 26.5. The Kier molecular flexibility index (Phi) is 15.9. The first kappa shape index (κ1) is 37.3. The Morgan fingerprint density at radius 3 is 1.93 bits per heavy atom. The molecule has 0 bridgehead atoms. The fourth-order valence-corrected chi connectivity index (χ4v) is 6.63. The number of carbonyl (C=O) groups excluding carboxylic acids is 2. The molecular formula is C36H52O9S. The van der Waals surface area contributed by atoms with Gasteiger partial charge < -0.3 is 18.9 Å². The van der Waals surface area contributed by atoms with Gasteiger partial charge in [-0.2, -0.15) is 8.42 Å². The SMILES string of the molecule is COS(=O)(=O)c1ccc(OCCOC(=O)C2CC(CCCC(C)CCCC(C)C)CCC2C(=O)OCCOc2ccccc2)cc1. The molecular weight excluding hydrogens is 608 g/mol. The zero-order chi connectivity index (χ0) is 33.4. The van der Waals surface area contributed by atoms with Crippen LogP contribution in [0.3, 0.4) is 0 Å². The Morgan fingerprint density at radius 1 is 0.739 bits per heavy atom. The minimum Gasteiger partial charge on any atom is -0.490 e. The summed E-state index contributed by atoms with van der Waals surface area (Å²) in [5, 5.41) is 0. The lowest BCUT2D eigenvalue weighted by molar-refractivity contribution is -0.164.